The van der Waals surface area contributed by atoms with Crippen molar-refractivity contribution >= 4 is 17.6 Å². The van der Waals surface area contributed by atoms with Crippen molar-refractivity contribution in [1.29, 1.82) is 0 Å². The van der Waals surface area contributed by atoms with E-state index >= 15 is 0 Å². The topological polar surface area (TPSA) is 61.3 Å². The molecule has 0 spiro atoms. The highest BCUT2D eigenvalue weighted by molar-refractivity contribution is 6.29. The van der Waals surface area contributed by atoms with Crippen LogP contribution in [0.5, 0.6) is 5.75 Å². The van der Waals surface area contributed by atoms with E-state index in [9.17, 15) is 4.79 Å². The monoisotopic (exact) mass is 284 g/mol. The summed E-state index contributed by atoms with van der Waals surface area (Å²) < 4.78 is 10.3. The first-order valence-electron chi connectivity index (χ1n) is 6.45. The molecule has 0 atom stereocenters. The smallest absolute Gasteiger partial charge is 0.362 e. The minimum absolute atomic E-state index is 0.0720. The van der Waals surface area contributed by atoms with Crippen LogP contribution in [0.1, 0.15) is 42.6 Å². The number of methoxy groups -OCH3 is 1. The fourth-order valence-corrected chi connectivity index (χ4v) is 2.40. The van der Waals surface area contributed by atoms with Crippen LogP contribution in [-0.2, 0) is 4.74 Å². The summed E-state index contributed by atoms with van der Waals surface area (Å²) in [6.45, 7) is 0.575. The second-order valence-corrected chi connectivity index (χ2v) is 5.07. The molecular weight excluding hydrogens is 268 g/mol. The Morgan fingerprint density at radius 3 is 2.79 bits per heavy atom. The van der Waals surface area contributed by atoms with E-state index in [-0.39, 0.29) is 10.8 Å². The minimum Gasteiger partial charge on any atom is -0.491 e. The fraction of sp³-hybridized carbons (Fsp3) is 0.615. The van der Waals surface area contributed by atoms with Gasteiger partial charge in [0.05, 0.1) is 13.7 Å². The van der Waals surface area contributed by atoms with E-state index in [0.717, 1.165) is 0 Å². The lowest BCUT2D eigenvalue weighted by Gasteiger charge is -2.21. The molecule has 1 heterocycles. The van der Waals surface area contributed by atoms with Crippen LogP contribution in [0.2, 0.25) is 5.15 Å². The minimum atomic E-state index is -0.567. The molecule has 1 aliphatic rings. The Morgan fingerprint density at radius 1 is 1.37 bits per heavy atom. The third-order valence-corrected chi connectivity index (χ3v) is 3.49. The van der Waals surface area contributed by atoms with Crippen LogP contribution < -0.4 is 4.74 Å². The van der Waals surface area contributed by atoms with Crippen molar-refractivity contribution in [2.24, 2.45) is 5.92 Å². The molecule has 0 aliphatic heterocycles. The Bertz CT molecular complexity index is 448. The van der Waals surface area contributed by atoms with Crippen molar-refractivity contribution in [3.05, 3.63) is 16.9 Å². The maximum Gasteiger partial charge on any atom is 0.362 e. The van der Waals surface area contributed by atoms with Crippen LogP contribution in [0.25, 0.3) is 0 Å². The molecule has 0 unspecified atom stereocenters. The molecule has 19 heavy (non-hydrogen) atoms. The largest absolute Gasteiger partial charge is 0.491 e. The van der Waals surface area contributed by atoms with Gasteiger partial charge in [0, 0.05) is 6.07 Å². The molecule has 6 heteroatoms. The van der Waals surface area contributed by atoms with Crippen molar-refractivity contribution in [2.75, 3.05) is 13.7 Å². The molecule has 1 saturated carbocycles. The van der Waals surface area contributed by atoms with Crippen LogP contribution in [0, 0.1) is 5.92 Å². The number of hydrogen-bond acceptors (Lipinski definition) is 5. The predicted molar refractivity (Wildman–Crippen MR) is 70.5 cm³/mol. The SMILES string of the molecule is COC(=O)c1nnc(Cl)cc1OCC1CCCCC1. The van der Waals surface area contributed by atoms with Crippen molar-refractivity contribution < 1.29 is 14.3 Å². The summed E-state index contributed by atoms with van der Waals surface area (Å²) in [4.78, 5) is 11.5. The highest BCUT2D eigenvalue weighted by Crippen LogP contribution is 2.26. The van der Waals surface area contributed by atoms with Gasteiger partial charge in [0.25, 0.3) is 0 Å². The van der Waals surface area contributed by atoms with Crippen LogP contribution in [0.3, 0.4) is 0 Å². The van der Waals surface area contributed by atoms with E-state index < -0.39 is 5.97 Å². The van der Waals surface area contributed by atoms with Gasteiger partial charge in [-0.1, -0.05) is 30.9 Å². The molecule has 1 aromatic heterocycles. The van der Waals surface area contributed by atoms with Crippen molar-refractivity contribution in [3.63, 3.8) is 0 Å². The number of aromatic nitrogens is 2. The average molecular weight is 285 g/mol. The van der Waals surface area contributed by atoms with Crippen LogP contribution in [0.4, 0.5) is 0 Å². The molecule has 0 N–H and O–H groups in total. The standard InChI is InChI=1S/C13H17ClN2O3/c1-18-13(17)12-10(7-11(14)15-16-12)19-8-9-5-3-2-4-6-9/h7,9H,2-6,8H2,1H3. The second kappa shape index (κ2) is 6.70. The van der Waals surface area contributed by atoms with Gasteiger partial charge in [-0.2, -0.15) is 0 Å². The van der Waals surface area contributed by atoms with Crippen LogP contribution in [0.15, 0.2) is 6.07 Å². The van der Waals surface area contributed by atoms with Gasteiger partial charge >= 0.3 is 5.97 Å². The normalized spacial score (nSPS) is 16.1. The van der Waals surface area contributed by atoms with Gasteiger partial charge < -0.3 is 9.47 Å². The molecule has 1 aliphatic carbocycles. The van der Waals surface area contributed by atoms with Gasteiger partial charge in [-0.25, -0.2) is 4.79 Å². The first kappa shape index (κ1) is 14.1. The maximum atomic E-state index is 11.5. The van der Waals surface area contributed by atoms with Crippen molar-refractivity contribution in [1.82, 2.24) is 10.2 Å². The van der Waals surface area contributed by atoms with E-state index in [1.165, 1.54) is 45.3 Å². The highest BCUT2D eigenvalue weighted by Gasteiger charge is 2.19. The molecule has 5 nitrogen and oxygen atoms in total. The van der Waals surface area contributed by atoms with Gasteiger partial charge in [-0.3, -0.25) is 0 Å². The van der Waals surface area contributed by atoms with E-state index in [1.54, 1.807) is 0 Å². The Balaban J connectivity index is 2.05. The van der Waals surface area contributed by atoms with E-state index in [4.69, 9.17) is 16.3 Å². The number of halogens is 1. The van der Waals surface area contributed by atoms with Gasteiger partial charge in [-0.15, -0.1) is 10.2 Å². The molecule has 0 radical (unpaired) electrons. The first-order chi connectivity index (χ1) is 9.20. The zero-order valence-electron chi connectivity index (χ0n) is 10.9. The quantitative estimate of drug-likeness (QED) is 0.796. The molecular formula is C13H17ClN2O3. The van der Waals surface area contributed by atoms with Crippen LogP contribution >= 0.6 is 11.6 Å². The number of nitrogens with zero attached hydrogens (tertiary/aromatic N) is 2. The third-order valence-electron chi connectivity index (χ3n) is 3.31. The summed E-state index contributed by atoms with van der Waals surface area (Å²) in [6.07, 6.45) is 6.12. The van der Waals surface area contributed by atoms with Gasteiger partial charge in [0.2, 0.25) is 5.69 Å². The molecule has 2 rings (SSSR count). The summed E-state index contributed by atoms with van der Waals surface area (Å²) in [7, 11) is 1.30. The molecule has 104 valence electrons. The maximum absolute atomic E-state index is 11.5. The highest BCUT2D eigenvalue weighted by atomic mass is 35.5. The summed E-state index contributed by atoms with van der Waals surface area (Å²) in [5, 5.41) is 7.57. The lowest BCUT2D eigenvalue weighted by molar-refractivity contribution is 0.0585. The van der Waals surface area contributed by atoms with E-state index in [1.807, 2.05) is 0 Å². The summed E-state index contributed by atoms with van der Waals surface area (Å²) in [5.41, 5.74) is 0.0720. The van der Waals surface area contributed by atoms with Gasteiger partial charge in [0.15, 0.2) is 10.9 Å². The summed E-state index contributed by atoms with van der Waals surface area (Å²) >= 11 is 5.78. The lowest BCUT2D eigenvalue weighted by Crippen LogP contribution is -2.17. The second-order valence-electron chi connectivity index (χ2n) is 4.69. The molecule has 0 amide bonds. The first-order valence-corrected chi connectivity index (χ1v) is 6.83. The van der Waals surface area contributed by atoms with Gasteiger partial charge in [0.1, 0.15) is 0 Å². The van der Waals surface area contributed by atoms with Gasteiger partial charge in [-0.05, 0) is 18.8 Å². The molecule has 0 saturated heterocycles. The van der Waals surface area contributed by atoms with Crippen LogP contribution in [-0.4, -0.2) is 29.9 Å². The number of carbonyl (C=O) groups excluding carboxylic acids is 1. The van der Waals surface area contributed by atoms with E-state index in [0.29, 0.717) is 18.3 Å². The van der Waals surface area contributed by atoms with E-state index in [2.05, 4.69) is 14.9 Å². The summed E-state index contributed by atoms with van der Waals surface area (Å²) in [6, 6.07) is 1.50. The summed E-state index contributed by atoms with van der Waals surface area (Å²) in [5.74, 6) is 0.312. The average Bonchev–Trinajstić information content (AvgIpc) is 2.45. The zero-order chi connectivity index (χ0) is 13.7. The third kappa shape index (κ3) is 3.80. The molecule has 0 bridgehead atoms. The Kier molecular flexibility index (Phi) is 4.96. The molecule has 0 aromatic carbocycles. The Labute approximate surface area is 117 Å². The Morgan fingerprint density at radius 2 is 2.11 bits per heavy atom. The lowest BCUT2D eigenvalue weighted by atomic mass is 9.90. The number of carbonyl (C=O) groups is 1. The number of esters is 1. The zero-order valence-corrected chi connectivity index (χ0v) is 11.7. The number of hydrogen-bond donors (Lipinski definition) is 0. The van der Waals surface area contributed by atoms with Crippen molar-refractivity contribution in [2.45, 2.75) is 32.1 Å². The number of ether oxygens (including phenoxy) is 2. The van der Waals surface area contributed by atoms with Crippen molar-refractivity contribution in [3.8, 4) is 5.75 Å². The number of rotatable bonds is 4. The molecule has 1 aromatic rings. The molecule has 1 fully saturated rings. The Hall–Kier alpha value is -1.36. The fourth-order valence-electron chi connectivity index (χ4n) is 2.26. The predicted octanol–water partition coefficient (Wildman–Crippen LogP) is 2.88.